The van der Waals surface area contributed by atoms with Crippen LogP contribution in [0, 0.1) is 5.82 Å². The minimum absolute atomic E-state index is 0.108. The Morgan fingerprint density at radius 3 is 2.53 bits per heavy atom. The van der Waals surface area contributed by atoms with Crippen LogP contribution < -0.4 is 4.90 Å². The first-order valence-corrected chi connectivity index (χ1v) is 10.3. The molecular formula is C22H19FN6O3. The Morgan fingerprint density at radius 2 is 1.78 bits per heavy atom. The maximum Gasteiger partial charge on any atom is 0.261 e. The van der Waals surface area contributed by atoms with Crippen LogP contribution in [0.15, 0.2) is 42.5 Å². The summed E-state index contributed by atoms with van der Waals surface area (Å²) >= 11 is 0. The normalized spacial score (nSPS) is 15.2. The number of rotatable bonds is 5. The second kappa shape index (κ2) is 7.95. The van der Waals surface area contributed by atoms with E-state index in [4.69, 9.17) is 0 Å². The lowest BCUT2D eigenvalue weighted by atomic mass is 10.0. The number of aromatic nitrogens is 4. The SMILES string of the molecule is O=C1c2ccccc2C(=O)N1CCc1nnn(CC(=O)N2CCCc3cccc(F)c32)n1. The van der Waals surface area contributed by atoms with Gasteiger partial charge in [0.15, 0.2) is 5.82 Å². The number of tetrazole rings is 1. The smallest absolute Gasteiger partial charge is 0.261 e. The lowest BCUT2D eigenvalue weighted by molar-refractivity contribution is -0.119. The highest BCUT2D eigenvalue weighted by Gasteiger charge is 2.35. The number of aryl methyl sites for hydroxylation is 1. The molecule has 0 saturated heterocycles. The first kappa shape index (κ1) is 20.0. The highest BCUT2D eigenvalue weighted by atomic mass is 19.1. The number of benzene rings is 2. The summed E-state index contributed by atoms with van der Waals surface area (Å²) < 4.78 is 14.3. The maximum absolute atomic E-state index is 14.3. The summed E-state index contributed by atoms with van der Waals surface area (Å²) in [5.41, 5.74) is 1.88. The van der Waals surface area contributed by atoms with Gasteiger partial charge in [-0.05, 0) is 41.8 Å². The molecule has 0 saturated carbocycles. The van der Waals surface area contributed by atoms with Crippen LogP contribution in [0.25, 0.3) is 0 Å². The first-order valence-electron chi connectivity index (χ1n) is 10.3. The molecule has 0 bridgehead atoms. The Labute approximate surface area is 182 Å². The molecule has 32 heavy (non-hydrogen) atoms. The Balaban J connectivity index is 1.24. The number of fused-ring (bicyclic) bond motifs is 2. The third kappa shape index (κ3) is 3.43. The fourth-order valence-electron chi connectivity index (χ4n) is 4.16. The zero-order valence-corrected chi connectivity index (χ0v) is 17.1. The van der Waals surface area contributed by atoms with Crippen molar-refractivity contribution in [2.45, 2.75) is 25.8 Å². The number of carbonyl (C=O) groups excluding carboxylic acids is 3. The summed E-state index contributed by atoms with van der Waals surface area (Å²) in [5.74, 6) is -1.15. The molecule has 2 aliphatic rings. The fourth-order valence-corrected chi connectivity index (χ4v) is 4.16. The van der Waals surface area contributed by atoms with Crippen molar-refractivity contribution in [2.24, 2.45) is 0 Å². The quantitative estimate of drug-likeness (QED) is 0.566. The summed E-state index contributed by atoms with van der Waals surface area (Å²) in [6.45, 7) is 0.346. The zero-order valence-electron chi connectivity index (χ0n) is 17.1. The number of halogens is 1. The van der Waals surface area contributed by atoms with Gasteiger partial charge in [0.1, 0.15) is 12.4 Å². The highest BCUT2D eigenvalue weighted by molar-refractivity contribution is 6.21. The molecule has 2 aromatic carbocycles. The highest BCUT2D eigenvalue weighted by Crippen LogP contribution is 2.30. The molecule has 3 aromatic rings. The molecule has 9 nitrogen and oxygen atoms in total. The second-order valence-electron chi connectivity index (χ2n) is 7.69. The predicted octanol–water partition coefficient (Wildman–Crippen LogP) is 1.63. The van der Waals surface area contributed by atoms with Crippen molar-refractivity contribution in [2.75, 3.05) is 18.0 Å². The van der Waals surface area contributed by atoms with Gasteiger partial charge in [-0.3, -0.25) is 19.3 Å². The summed E-state index contributed by atoms with van der Waals surface area (Å²) in [7, 11) is 0. The van der Waals surface area contributed by atoms with Gasteiger partial charge < -0.3 is 4.90 Å². The number of hydrogen-bond acceptors (Lipinski definition) is 6. The number of carbonyl (C=O) groups is 3. The van der Waals surface area contributed by atoms with Crippen molar-refractivity contribution in [3.8, 4) is 0 Å². The van der Waals surface area contributed by atoms with E-state index in [1.54, 1.807) is 30.3 Å². The molecule has 1 aromatic heterocycles. The lowest BCUT2D eigenvalue weighted by Crippen LogP contribution is -2.38. The van der Waals surface area contributed by atoms with Crippen LogP contribution in [0.3, 0.4) is 0 Å². The average molecular weight is 434 g/mol. The van der Waals surface area contributed by atoms with E-state index < -0.39 is 5.82 Å². The van der Waals surface area contributed by atoms with E-state index in [0.717, 1.165) is 28.1 Å². The third-order valence-corrected chi connectivity index (χ3v) is 5.68. The van der Waals surface area contributed by atoms with E-state index >= 15 is 0 Å². The van der Waals surface area contributed by atoms with Gasteiger partial charge in [-0.25, -0.2) is 4.39 Å². The first-order chi connectivity index (χ1) is 15.5. The van der Waals surface area contributed by atoms with Gasteiger partial charge in [-0.2, -0.15) is 4.80 Å². The standard InChI is InChI=1S/C22H19FN6O3/c23-17-9-3-5-14-6-4-11-27(20(14)17)19(30)13-29-25-18(24-26-29)10-12-28-21(31)15-7-1-2-8-16(15)22(28)32/h1-3,5,7-9H,4,6,10-13H2. The molecule has 10 heteroatoms. The van der Waals surface area contributed by atoms with Crippen LogP contribution in [0.4, 0.5) is 10.1 Å². The van der Waals surface area contributed by atoms with E-state index in [1.165, 1.54) is 11.0 Å². The van der Waals surface area contributed by atoms with Gasteiger partial charge in [0, 0.05) is 19.5 Å². The van der Waals surface area contributed by atoms with Gasteiger partial charge in [-0.1, -0.05) is 24.3 Å². The number of imide groups is 1. The van der Waals surface area contributed by atoms with Gasteiger partial charge >= 0.3 is 0 Å². The van der Waals surface area contributed by atoms with E-state index in [0.29, 0.717) is 29.2 Å². The summed E-state index contributed by atoms with van der Waals surface area (Å²) in [6, 6.07) is 11.5. The molecule has 0 unspecified atom stereocenters. The van der Waals surface area contributed by atoms with Crippen LogP contribution in [0.1, 0.15) is 38.5 Å². The van der Waals surface area contributed by atoms with Crippen molar-refractivity contribution < 1.29 is 18.8 Å². The molecule has 0 radical (unpaired) electrons. The minimum atomic E-state index is -0.427. The number of anilines is 1. The molecule has 0 fully saturated rings. The molecule has 3 amide bonds. The van der Waals surface area contributed by atoms with Crippen LogP contribution in [0.5, 0.6) is 0 Å². The third-order valence-electron chi connectivity index (χ3n) is 5.68. The molecule has 2 aliphatic heterocycles. The largest absolute Gasteiger partial charge is 0.308 e. The molecule has 0 N–H and O–H groups in total. The molecule has 0 spiro atoms. The average Bonchev–Trinajstić information content (AvgIpc) is 3.34. The van der Waals surface area contributed by atoms with Gasteiger partial charge in [-0.15, -0.1) is 10.2 Å². The van der Waals surface area contributed by atoms with Gasteiger partial charge in [0.2, 0.25) is 0 Å². The molecule has 0 aliphatic carbocycles. The van der Waals surface area contributed by atoms with Crippen molar-refractivity contribution in [3.63, 3.8) is 0 Å². The number of amides is 3. The van der Waals surface area contributed by atoms with Crippen molar-refractivity contribution in [3.05, 3.63) is 70.8 Å². The maximum atomic E-state index is 14.3. The number of para-hydroxylation sites is 1. The summed E-state index contributed by atoms with van der Waals surface area (Å²) in [5, 5.41) is 12.0. The van der Waals surface area contributed by atoms with Crippen molar-refractivity contribution >= 4 is 23.4 Å². The Hall–Kier alpha value is -3.95. The molecule has 162 valence electrons. The van der Waals surface area contributed by atoms with Crippen LogP contribution in [-0.2, 0) is 24.2 Å². The van der Waals surface area contributed by atoms with E-state index in [2.05, 4.69) is 15.4 Å². The van der Waals surface area contributed by atoms with Crippen molar-refractivity contribution in [1.29, 1.82) is 0 Å². The van der Waals surface area contributed by atoms with E-state index in [9.17, 15) is 18.8 Å². The molecule has 0 atom stereocenters. The summed E-state index contributed by atoms with van der Waals surface area (Å²) in [4.78, 5) is 41.4. The molecule has 5 rings (SSSR count). The van der Waals surface area contributed by atoms with Crippen LogP contribution in [-0.4, -0.2) is 55.9 Å². The van der Waals surface area contributed by atoms with E-state index in [1.807, 2.05) is 6.07 Å². The Kier molecular flexibility index (Phi) is 4.96. The minimum Gasteiger partial charge on any atom is -0.308 e. The fraction of sp³-hybridized carbons (Fsp3) is 0.273. The molecular weight excluding hydrogens is 415 g/mol. The zero-order chi connectivity index (χ0) is 22.2. The monoisotopic (exact) mass is 434 g/mol. The summed E-state index contributed by atoms with van der Waals surface area (Å²) in [6.07, 6.45) is 1.68. The van der Waals surface area contributed by atoms with Crippen molar-refractivity contribution in [1.82, 2.24) is 25.1 Å². The Morgan fingerprint density at radius 1 is 1.03 bits per heavy atom. The van der Waals surface area contributed by atoms with Gasteiger partial charge in [0.05, 0.1) is 16.8 Å². The van der Waals surface area contributed by atoms with Crippen LogP contribution >= 0.6 is 0 Å². The number of hydrogen-bond donors (Lipinski definition) is 0. The topological polar surface area (TPSA) is 101 Å². The van der Waals surface area contributed by atoms with Crippen LogP contribution in [0.2, 0.25) is 0 Å². The predicted molar refractivity (Wildman–Crippen MR) is 110 cm³/mol. The van der Waals surface area contributed by atoms with Gasteiger partial charge in [0.25, 0.3) is 17.7 Å². The second-order valence-corrected chi connectivity index (χ2v) is 7.69. The lowest BCUT2D eigenvalue weighted by Gasteiger charge is -2.29. The molecule has 3 heterocycles. The van der Waals surface area contributed by atoms with E-state index in [-0.39, 0.29) is 37.2 Å². The Bertz CT molecular complexity index is 1200. The number of nitrogens with zero attached hydrogens (tertiary/aromatic N) is 6.